The van der Waals surface area contributed by atoms with E-state index in [0.717, 1.165) is 37.3 Å². The number of carbonyl (C=O) groups excluding carboxylic acids is 1. The van der Waals surface area contributed by atoms with Gasteiger partial charge in [-0.15, -0.1) is 0 Å². The van der Waals surface area contributed by atoms with Gasteiger partial charge in [0.2, 0.25) is 5.91 Å². The third-order valence-corrected chi connectivity index (χ3v) is 6.53. The molecule has 1 fully saturated rings. The Bertz CT molecular complexity index is 1030. The van der Waals surface area contributed by atoms with E-state index < -0.39 is 0 Å². The summed E-state index contributed by atoms with van der Waals surface area (Å²) in [5.41, 5.74) is 2.98. The quantitative estimate of drug-likeness (QED) is 0.517. The van der Waals surface area contributed by atoms with Crippen LogP contribution in [0.25, 0.3) is 0 Å². The van der Waals surface area contributed by atoms with Crippen molar-refractivity contribution >= 4 is 17.3 Å². The highest BCUT2D eigenvalue weighted by Crippen LogP contribution is 2.29. The third-order valence-electron chi connectivity index (χ3n) is 6.53. The predicted molar refractivity (Wildman–Crippen MR) is 133 cm³/mol. The fourth-order valence-corrected chi connectivity index (χ4v) is 4.57. The first-order valence-corrected chi connectivity index (χ1v) is 12.0. The SMILES string of the molecule is CCC(CC)C(=O)Nc1ccc(N2CCN(C(c3ccccn3)c3ccccn3)CC2)c(F)c1. The second-order valence-corrected chi connectivity index (χ2v) is 8.60. The first-order chi connectivity index (χ1) is 16.6. The van der Waals surface area contributed by atoms with Crippen LogP contribution in [0, 0.1) is 11.7 Å². The lowest BCUT2D eigenvalue weighted by Crippen LogP contribution is -2.48. The van der Waals surface area contributed by atoms with Crippen LogP contribution < -0.4 is 10.2 Å². The Morgan fingerprint density at radius 1 is 0.941 bits per heavy atom. The summed E-state index contributed by atoms with van der Waals surface area (Å²) in [5.74, 6) is -0.426. The Morgan fingerprint density at radius 3 is 2.06 bits per heavy atom. The average Bonchev–Trinajstić information content (AvgIpc) is 2.87. The maximum atomic E-state index is 15.0. The first kappa shape index (κ1) is 23.8. The van der Waals surface area contributed by atoms with E-state index in [2.05, 4.69) is 25.1 Å². The lowest BCUT2D eigenvalue weighted by molar-refractivity contribution is -0.120. The largest absolute Gasteiger partial charge is 0.367 e. The Hall–Kier alpha value is -3.32. The van der Waals surface area contributed by atoms with Crippen LogP contribution in [0.4, 0.5) is 15.8 Å². The number of hydrogen-bond acceptors (Lipinski definition) is 5. The van der Waals surface area contributed by atoms with E-state index in [4.69, 9.17) is 0 Å². The van der Waals surface area contributed by atoms with Crippen LogP contribution in [0.3, 0.4) is 0 Å². The van der Waals surface area contributed by atoms with Crippen LogP contribution in [0.5, 0.6) is 0 Å². The van der Waals surface area contributed by atoms with Gasteiger partial charge >= 0.3 is 0 Å². The van der Waals surface area contributed by atoms with Gasteiger partial charge in [0.15, 0.2) is 0 Å². The van der Waals surface area contributed by atoms with Crippen LogP contribution in [0.1, 0.15) is 44.1 Å². The van der Waals surface area contributed by atoms with Gasteiger partial charge in [-0.05, 0) is 55.3 Å². The van der Waals surface area contributed by atoms with Gasteiger partial charge in [-0.1, -0.05) is 26.0 Å². The molecule has 0 bridgehead atoms. The molecule has 1 N–H and O–H groups in total. The van der Waals surface area contributed by atoms with Crippen LogP contribution in [-0.4, -0.2) is 47.0 Å². The van der Waals surface area contributed by atoms with Gasteiger partial charge in [0.05, 0.1) is 23.1 Å². The smallest absolute Gasteiger partial charge is 0.227 e. The molecular formula is C27H32FN5O. The molecule has 1 saturated heterocycles. The molecular weight excluding hydrogens is 429 g/mol. The number of aromatic nitrogens is 2. The molecule has 1 aromatic carbocycles. The van der Waals surface area contributed by atoms with Crippen molar-refractivity contribution in [2.45, 2.75) is 32.7 Å². The Balaban J connectivity index is 1.45. The molecule has 7 heteroatoms. The number of rotatable bonds is 8. The molecule has 2 aromatic heterocycles. The van der Waals surface area contributed by atoms with Crippen molar-refractivity contribution in [2.24, 2.45) is 5.92 Å². The number of anilines is 2. The minimum atomic E-state index is -0.318. The van der Waals surface area contributed by atoms with Crippen molar-refractivity contribution in [3.8, 4) is 0 Å². The number of piperazine rings is 1. The summed E-state index contributed by atoms with van der Waals surface area (Å²) in [6.45, 7) is 6.86. The third kappa shape index (κ3) is 5.42. The van der Waals surface area contributed by atoms with Gasteiger partial charge in [0.1, 0.15) is 5.82 Å². The molecule has 34 heavy (non-hydrogen) atoms. The van der Waals surface area contributed by atoms with Crippen LogP contribution >= 0.6 is 0 Å². The molecule has 0 atom stereocenters. The normalized spacial score (nSPS) is 14.6. The minimum Gasteiger partial charge on any atom is -0.367 e. The summed E-state index contributed by atoms with van der Waals surface area (Å²) in [5, 5.41) is 2.85. The molecule has 178 valence electrons. The number of nitrogens with zero attached hydrogens (tertiary/aromatic N) is 4. The summed E-state index contributed by atoms with van der Waals surface area (Å²) in [6, 6.07) is 16.8. The zero-order valence-electron chi connectivity index (χ0n) is 19.8. The summed E-state index contributed by atoms with van der Waals surface area (Å²) >= 11 is 0. The van der Waals surface area contributed by atoms with Gasteiger partial charge in [-0.25, -0.2) is 4.39 Å². The second kappa shape index (κ2) is 11.2. The van der Waals surface area contributed by atoms with E-state index in [0.29, 0.717) is 24.5 Å². The lowest BCUT2D eigenvalue weighted by Gasteiger charge is -2.40. The molecule has 3 heterocycles. The number of amides is 1. The zero-order chi connectivity index (χ0) is 23.9. The molecule has 3 aromatic rings. The number of pyridine rings is 2. The predicted octanol–water partition coefficient (Wildman–Crippen LogP) is 4.90. The van der Waals surface area contributed by atoms with E-state index in [-0.39, 0.29) is 23.7 Å². The van der Waals surface area contributed by atoms with Gasteiger partial charge in [-0.3, -0.25) is 19.7 Å². The van der Waals surface area contributed by atoms with E-state index in [9.17, 15) is 4.79 Å². The maximum Gasteiger partial charge on any atom is 0.227 e. The molecule has 4 rings (SSSR count). The van der Waals surface area contributed by atoms with Crippen LogP contribution in [0.2, 0.25) is 0 Å². The number of carbonyl (C=O) groups is 1. The monoisotopic (exact) mass is 461 g/mol. The highest BCUT2D eigenvalue weighted by Gasteiger charge is 2.29. The number of benzene rings is 1. The summed E-state index contributed by atoms with van der Waals surface area (Å²) in [4.78, 5) is 25.9. The van der Waals surface area contributed by atoms with E-state index in [1.807, 2.05) is 50.2 Å². The van der Waals surface area contributed by atoms with Crippen molar-refractivity contribution in [2.75, 3.05) is 36.4 Å². The Kier molecular flexibility index (Phi) is 7.85. The molecule has 1 aliphatic rings. The molecule has 0 aliphatic carbocycles. The molecule has 0 spiro atoms. The van der Waals surface area contributed by atoms with Gasteiger partial charge in [0.25, 0.3) is 0 Å². The number of hydrogen-bond donors (Lipinski definition) is 1. The van der Waals surface area contributed by atoms with Crippen LogP contribution in [0.15, 0.2) is 67.0 Å². The van der Waals surface area contributed by atoms with Crippen molar-refractivity contribution in [3.05, 3.63) is 84.2 Å². The molecule has 1 amide bonds. The minimum absolute atomic E-state index is 0.0444. The fraction of sp³-hybridized carbons (Fsp3) is 0.370. The maximum absolute atomic E-state index is 15.0. The van der Waals surface area contributed by atoms with E-state index in [1.54, 1.807) is 24.5 Å². The highest BCUT2D eigenvalue weighted by atomic mass is 19.1. The van der Waals surface area contributed by atoms with Gasteiger partial charge in [-0.2, -0.15) is 0 Å². The molecule has 6 nitrogen and oxygen atoms in total. The second-order valence-electron chi connectivity index (χ2n) is 8.60. The van der Waals surface area contributed by atoms with Crippen molar-refractivity contribution in [1.29, 1.82) is 0 Å². The number of nitrogens with one attached hydrogen (secondary N) is 1. The highest BCUT2D eigenvalue weighted by molar-refractivity contribution is 5.92. The van der Waals surface area contributed by atoms with E-state index in [1.165, 1.54) is 6.07 Å². The van der Waals surface area contributed by atoms with Crippen LogP contribution in [-0.2, 0) is 4.79 Å². The summed E-state index contributed by atoms with van der Waals surface area (Å²) in [6.07, 6.45) is 5.15. The number of halogens is 1. The zero-order valence-corrected chi connectivity index (χ0v) is 19.8. The molecule has 0 unspecified atom stereocenters. The van der Waals surface area contributed by atoms with Gasteiger partial charge in [0, 0.05) is 50.2 Å². The standard InChI is InChI=1S/C27H32FN5O/c1-3-20(4-2)27(34)31-21-11-12-25(22(28)19-21)32-15-17-33(18-16-32)26(23-9-5-7-13-29-23)24-10-6-8-14-30-24/h5-14,19-20,26H,3-4,15-18H2,1-2H3,(H,31,34). The van der Waals surface area contributed by atoms with E-state index >= 15 is 4.39 Å². The Labute approximate surface area is 200 Å². The fourth-order valence-electron chi connectivity index (χ4n) is 4.57. The lowest BCUT2D eigenvalue weighted by atomic mass is 10.0. The van der Waals surface area contributed by atoms with Crippen molar-refractivity contribution in [3.63, 3.8) is 0 Å². The molecule has 1 aliphatic heterocycles. The average molecular weight is 462 g/mol. The molecule has 0 saturated carbocycles. The van der Waals surface area contributed by atoms with Crippen molar-refractivity contribution < 1.29 is 9.18 Å². The first-order valence-electron chi connectivity index (χ1n) is 12.0. The Morgan fingerprint density at radius 2 is 1.56 bits per heavy atom. The topological polar surface area (TPSA) is 61.4 Å². The summed E-state index contributed by atoms with van der Waals surface area (Å²) in [7, 11) is 0. The molecule has 0 radical (unpaired) electrons. The van der Waals surface area contributed by atoms with Crippen molar-refractivity contribution in [1.82, 2.24) is 14.9 Å². The summed E-state index contributed by atoms with van der Waals surface area (Å²) < 4.78 is 15.0. The van der Waals surface area contributed by atoms with Gasteiger partial charge < -0.3 is 10.2 Å².